The van der Waals surface area contributed by atoms with E-state index in [4.69, 9.17) is 0 Å². The topological polar surface area (TPSA) is 83.9 Å². The van der Waals surface area contributed by atoms with Gasteiger partial charge in [0.15, 0.2) is 5.69 Å². The van der Waals surface area contributed by atoms with Gasteiger partial charge in [0.05, 0.1) is 17.5 Å². The Morgan fingerprint density at radius 1 is 1.03 bits per heavy atom. The van der Waals surface area contributed by atoms with Crippen LogP contribution in [0.5, 0.6) is 0 Å². The number of nitrogens with zero attached hydrogens (tertiary/aromatic N) is 5. The lowest BCUT2D eigenvalue weighted by Gasteiger charge is -2.13. The predicted molar refractivity (Wildman–Crippen MR) is 137 cm³/mol. The van der Waals surface area contributed by atoms with Crippen molar-refractivity contribution in [1.82, 2.24) is 25.1 Å². The van der Waals surface area contributed by atoms with Gasteiger partial charge < -0.3 is 10.2 Å². The molecular weight excluding hydrogens is 493 g/mol. The molecule has 1 aromatic carbocycles. The highest BCUT2D eigenvalue weighted by Crippen LogP contribution is 2.32. The van der Waals surface area contributed by atoms with Gasteiger partial charge in [-0.2, -0.15) is 18.3 Å². The first kappa shape index (κ1) is 25.5. The summed E-state index contributed by atoms with van der Waals surface area (Å²) in [6.07, 6.45) is 0.584. The van der Waals surface area contributed by atoms with E-state index in [9.17, 15) is 18.0 Å². The van der Waals surface area contributed by atoms with E-state index in [2.05, 4.69) is 43.5 Å². The van der Waals surface area contributed by atoms with Gasteiger partial charge in [0.1, 0.15) is 0 Å². The number of aromatic nitrogens is 4. The summed E-state index contributed by atoms with van der Waals surface area (Å²) in [6, 6.07) is 13.9. The van der Waals surface area contributed by atoms with E-state index >= 15 is 0 Å². The Morgan fingerprint density at radius 2 is 1.82 bits per heavy atom. The monoisotopic (exact) mass is 518 g/mol. The molecule has 194 valence electrons. The summed E-state index contributed by atoms with van der Waals surface area (Å²) in [5.74, 6) is -0.386. The number of hydrogen-bond acceptors (Lipinski definition) is 6. The lowest BCUT2D eigenvalue weighted by molar-refractivity contribution is -0.137. The van der Waals surface area contributed by atoms with Crippen LogP contribution in [0.15, 0.2) is 67.1 Å². The maximum Gasteiger partial charge on any atom is 0.418 e. The van der Waals surface area contributed by atoms with Gasteiger partial charge in [0, 0.05) is 41.8 Å². The lowest BCUT2D eigenvalue weighted by atomic mass is 9.97. The van der Waals surface area contributed by atoms with Crippen molar-refractivity contribution in [2.75, 3.05) is 25.5 Å². The zero-order valence-electron chi connectivity index (χ0n) is 20.8. The fourth-order valence-corrected chi connectivity index (χ4v) is 4.60. The number of pyridine rings is 2. The highest BCUT2D eigenvalue weighted by atomic mass is 19.4. The van der Waals surface area contributed by atoms with E-state index in [-0.39, 0.29) is 0 Å². The molecule has 1 fully saturated rings. The van der Waals surface area contributed by atoms with Crippen molar-refractivity contribution in [3.63, 3.8) is 0 Å². The lowest BCUT2D eigenvalue weighted by Crippen LogP contribution is -2.16. The van der Waals surface area contributed by atoms with Crippen LogP contribution in [0, 0.1) is 6.92 Å². The SMILES string of the molecule is Cc1ccc(NC(=O)c2cc(C(F)(F)F)cnn2)cc1-c1ccnc(-c2ccnc(C3CCN(C)C3)c2)c1. The Morgan fingerprint density at radius 3 is 2.58 bits per heavy atom. The molecule has 1 N–H and O–H groups in total. The number of likely N-dealkylation sites (tertiary alicyclic amines) is 1. The van der Waals surface area contributed by atoms with Gasteiger partial charge in [-0.1, -0.05) is 6.07 Å². The fourth-order valence-electron chi connectivity index (χ4n) is 4.60. The maximum atomic E-state index is 13.0. The number of anilines is 1. The Labute approximate surface area is 217 Å². The van der Waals surface area contributed by atoms with E-state index in [1.165, 1.54) is 0 Å². The second kappa shape index (κ2) is 10.3. The van der Waals surface area contributed by atoms with Gasteiger partial charge >= 0.3 is 6.18 Å². The van der Waals surface area contributed by atoms with Crippen molar-refractivity contribution in [1.29, 1.82) is 0 Å². The molecule has 3 aromatic heterocycles. The van der Waals surface area contributed by atoms with Gasteiger partial charge in [-0.25, -0.2) is 0 Å². The van der Waals surface area contributed by atoms with Gasteiger partial charge in [0.2, 0.25) is 0 Å². The van der Waals surface area contributed by atoms with E-state index in [0.29, 0.717) is 23.9 Å². The fraction of sp³-hybridized carbons (Fsp3) is 0.250. The summed E-state index contributed by atoms with van der Waals surface area (Å²) >= 11 is 0. The van der Waals surface area contributed by atoms with Crippen molar-refractivity contribution in [3.8, 4) is 22.4 Å². The summed E-state index contributed by atoms with van der Waals surface area (Å²) in [5, 5.41) is 9.50. The van der Waals surface area contributed by atoms with Crippen LogP contribution in [0.1, 0.15) is 39.6 Å². The minimum Gasteiger partial charge on any atom is -0.321 e. The number of alkyl halides is 3. The number of benzene rings is 1. The number of rotatable bonds is 5. The molecule has 1 aliphatic rings. The molecule has 7 nitrogen and oxygen atoms in total. The predicted octanol–water partition coefficient (Wildman–Crippen LogP) is 5.60. The molecule has 0 radical (unpaired) electrons. The van der Waals surface area contributed by atoms with Crippen molar-refractivity contribution >= 4 is 11.6 Å². The minimum atomic E-state index is -4.62. The van der Waals surface area contributed by atoms with Crippen LogP contribution in [0.25, 0.3) is 22.4 Å². The zero-order valence-corrected chi connectivity index (χ0v) is 20.8. The van der Waals surface area contributed by atoms with E-state index in [1.54, 1.807) is 18.3 Å². The molecule has 5 rings (SSSR count). The van der Waals surface area contributed by atoms with Crippen LogP contribution in [-0.2, 0) is 6.18 Å². The van der Waals surface area contributed by atoms with Gasteiger partial charge in [-0.15, -0.1) is 5.10 Å². The largest absolute Gasteiger partial charge is 0.418 e. The molecule has 1 atom stereocenters. The minimum absolute atomic E-state index is 0.396. The molecule has 1 saturated heterocycles. The zero-order chi connectivity index (χ0) is 26.9. The molecule has 0 saturated carbocycles. The molecule has 38 heavy (non-hydrogen) atoms. The van der Waals surface area contributed by atoms with Gasteiger partial charge in [-0.05, 0) is 86.1 Å². The first-order chi connectivity index (χ1) is 18.2. The summed E-state index contributed by atoms with van der Waals surface area (Å²) in [7, 11) is 2.11. The first-order valence-electron chi connectivity index (χ1n) is 12.1. The van der Waals surface area contributed by atoms with Crippen LogP contribution >= 0.6 is 0 Å². The number of halogens is 3. The third-order valence-corrected chi connectivity index (χ3v) is 6.67. The maximum absolute atomic E-state index is 13.0. The molecular formula is C28H25F3N6O. The quantitative estimate of drug-likeness (QED) is 0.370. The van der Waals surface area contributed by atoms with Crippen LogP contribution < -0.4 is 5.32 Å². The van der Waals surface area contributed by atoms with Crippen LogP contribution in [-0.4, -0.2) is 51.1 Å². The van der Waals surface area contributed by atoms with Crippen LogP contribution in [0.3, 0.4) is 0 Å². The third kappa shape index (κ3) is 5.55. The average Bonchev–Trinajstić information content (AvgIpc) is 3.36. The number of carbonyl (C=O) groups is 1. The molecule has 0 bridgehead atoms. The van der Waals surface area contributed by atoms with Crippen molar-refractivity contribution in [2.24, 2.45) is 0 Å². The normalized spacial score (nSPS) is 16.0. The van der Waals surface area contributed by atoms with Gasteiger partial charge in [0.25, 0.3) is 5.91 Å². The second-order valence-corrected chi connectivity index (χ2v) is 9.46. The molecule has 1 unspecified atom stereocenters. The Balaban J connectivity index is 1.40. The van der Waals surface area contributed by atoms with Crippen molar-refractivity contribution in [3.05, 3.63) is 89.6 Å². The standard InChI is InChI=1S/C28H25F3N6O/c1-17-3-4-22(35-27(38)26-13-21(15-34-36-26)28(29,30)31)14-23(17)18-5-8-32-24(11-18)19-6-9-33-25(12-19)20-7-10-37(2)16-20/h3-6,8-9,11-15,20H,7,10,16H2,1-2H3,(H,35,38). The number of nitrogens with one attached hydrogen (secondary N) is 1. The van der Waals surface area contributed by atoms with Crippen molar-refractivity contribution < 1.29 is 18.0 Å². The summed E-state index contributed by atoms with van der Waals surface area (Å²) in [6.45, 7) is 3.98. The van der Waals surface area contributed by atoms with Crippen molar-refractivity contribution in [2.45, 2.75) is 25.4 Å². The smallest absolute Gasteiger partial charge is 0.321 e. The molecule has 0 spiro atoms. The van der Waals surface area contributed by atoms with E-state index in [0.717, 1.165) is 53.2 Å². The first-order valence-corrected chi connectivity index (χ1v) is 12.1. The number of carbonyl (C=O) groups excluding carboxylic acids is 1. The molecule has 1 amide bonds. The molecule has 10 heteroatoms. The Kier molecular flexibility index (Phi) is 6.90. The summed E-state index contributed by atoms with van der Waals surface area (Å²) in [5.41, 5.74) is 4.49. The van der Waals surface area contributed by atoms with Crippen LogP contribution in [0.4, 0.5) is 18.9 Å². The Hall–Kier alpha value is -4.18. The highest BCUT2D eigenvalue weighted by molar-refractivity contribution is 6.03. The average molecular weight is 519 g/mol. The molecule has 4 heterocycles. The number of aryl methyl sites for hydroxylation is 1. The molecule has 4 aromatic rings. The Bertz CT molecular complexity index is 1490. The number of amides is 1. The molecule has 1 aliphatic heterocycles. The summed E-state index contributed by atoms with van der Waals surface area (Å²) in [4.78, 5) is 24.1. The van der Waals surface area contributed by atoms with Crippen LogP contribution in [0.2, 0.25) is 0 Å². The number of likely N-dealkylation sites (N-methyl/N-ethyl adjacent to an activating group) is 1. The highest BCUT2D eigenvalue weighted by Gasteiger charge is 2.32. The summed E-state index contributed by atoms with van der Waals surface area (Å²) < 4.78 is 39.0. The second-order valence-electron chi connectivity index (χ2n) is 9.46. The molecule has 0 aliphatic carbocycles. The third-order valence-electron chi connectivity index (χ3n) is 6.67. The van der Waals surface area contributed by atoms with E-state index in [1.807, 2.05) is 37.4 Å². The number of hydrogen-bond donors (Lipinski definition) is 1. The van der Waals surface area contributed by atoms with E-state index < -0.39 is 23.3 Å². The van der Waals surface area contributed by atoms with Gasteiger partial charge in [-0.3, -0.25) is 14.8 Å².